The summed E-state index contributed by atoms with van der Waals surface area (Å²) >= 11 is 0. The summed E-state index contributed by atoms with van der Waals surface area (Å²) in [5.74, 6) is 0.737. The van der Waals surface area contributed by atoms with E-state index in [1.165, 1.54) is 76.2 Å². The first kappa shape index (κ1) is 17.3. The maximum atomic E-state index is 3.43. The Labute approximate surface area is 127 Å². The standard InChI is InChI=1S/C20H33/c1-3-5-6-7-8-9-10-12-16-19(15-4-2)20-17-13-11-14-18-20/h11,13-14,17,19H,3-10,12,15-16H2,1-2H3. The van der Waals surface area contributed by atoms with E-state index in [-0.39, 0.29) is 0 Å². The second-order valence-corrected chi connectivity index (χ2v) is 6.07. The number of unbranched alkanes of at least 4 members (excludes halogenated alkanes) is 7. The molecule has 1 unspecified atom stereocenters. The molecular weight excluding hydrogens is 240 g/mol. The van der Waals surface area contributed by atoms with Gasteiger partial charge in [0.15, 0.2) is 0 Å². The van der Waals surface area contributed by atoms with Crippen molar-refractivity contribution >= 4 is 0 Å². The highest BCUT2D eigenvalue weighted by atomic mass is 14.1. The fourth-order valence-corrected chi connectivity index (χ4v) is 2.99. The van der Waals surface area contributed by atoms with Crippen LogP contribution in [0, 0.1) is 6.07 Å². The van der Waals surface area contributed by atoms with Gasteiger partial charge in [0.2, 0.25) is 0 Å². The Balaban J connectivity index is 2.14. The Bertz CT molecular complexity index is 301. The Morgan fingerprint density at radius 3 is 2.10 bits per heavy atom. The van der Waals surface area contributed by atoms with Gasteiger partial charge >= 0.3 is 0 Å². The lowest BCUT2D eigenvalue weighted by molar-refractivity contribution is 0.507. The van der Waals surface area contributed by atoms with Crippen LogP contribution < -0.4 is 0 Å². The maximum Gasteiger partial charge on any atom is -0.0146 e. The molecule has 0 bridgehead atoms. The fraction of sp³-hybridized carbons (Fsp3) is 0.700. The van der Waals surface area contributed by atoms with Gasteiger partial charge in [-0.15, -0.1) is 0 Å². The van der Waals surface area contributed by atoms with E-state index in [9.17, 15) is 0 Å². The molecule has 0 N–H and O–H groups in total. The maximum absolute atomic E-state index is 3.43. The van der Waals surface area contributed by atoms with E-state index in [0.29, 0.717) is 0 Å². The highest BCUT2D eigenvalue weighted by molar-refractivity contribution is 5.17. The molecule has 0 aliphatic carbocycles. The summed E-state index contributed by atoms with van der Waals surface area (Å²) in [5.41, 5.74) is 1.43. The third-order valence-electron chi connectivity index (χ3n) is 4.22. The first-order valence-corrected chi connectivity index (χ1v) is 8.85. The van der Waals surface area contributed by atoms with Crippen LogP contribution in [0.4, 0.5) is 0 Å². The summed E-state index contributed by atoms with van der Waals surface area (Å²) in [6.07, 6.45) is 15.3. The quantitative estimate of drug-likeness (QED) is 0.363. The molecule has 1 aromatic rings. The van der Waals surface area contributed by atoms with Crippen LogP contribution in [0.5, 0.6) is 0 Å². The van der Waals surface area contributed by atoms with Crippen molar-refractivity contribution < 1.29 is 0 Å². The van der Waals surface area contributed by atoms with Crippen LogP contribution in [0.25, 0.3) is 0 Å². The normalized spacial score (nSPS) is 12.5. The van der Waals surface area contributed by atoms with Crippen LogP contribution in [0.2, 0.25) is 0 Å². The number of hydrogen-bond acceptors (Lipinski definition) is 0. The van der Waals surface area contributed by atoms with Crippen LogP contribution in [0.3, 0.4) is 0 Å². The lowest BCUT2D eigenvalue weighted by Gasteiger charge is -2.16. The molecule has 0 amide bonds. The van der Waals surface area contributed by atoms with Gasteiger partial charge in [-0.25, -0.2) is 0 Å². The van der Waals surface area contributed by atoms with Gasteiger partial charge in [0.05, 0.1) is 0 Å². The Morgan fingerprint density at radius 1 is 0.800 bits per heavy atom. The van der Waals surface area contributed by atoms with Crippen LogP contribution in [-0.4, -0.2) is 0 Å². The van der Waals surface area contributed by atoms with Gasteiger partial charge in [-0.3, -0.25) is 0 Å². The highest BCUT2D eigenvalue weighted by Gasteiger charge is 2.09. The summed E-state index contributed by atoms with van der Waals surface area (Å²) in [5, 5.41) is 0. The van der Waals surface area contributed by atoms with E-state index in [4.69, 9.17) is 0 Å². The van der Waals surface area contributed by atoms with Crippen molar-refractivity contribution in [3.05, 3.63) is 35.9 Å². The van der Waals surface area contributed by atoms with Crippen molar-refractivity contribution in [2.24, 2.45) is 0 Å². The van der Waals surface area contributed by atoms with Crippen LogP contribution in [0.1, 0.15) is 96.0 Å². The second-order valence-electron chi connectivity index (χ2n) is 6.07. The molecule has 113 valence electrons. The van der Waals surface area contributed by atoms with Crippen molar-refractivity contribution in [2.75, 3.05) is 0 Å². The minimum atomic E-state index is 0.737. The first-order valence-electron chi connectivity index (χ1n) is 8.85. The largest absolute Gasteiger partial charge is 0.0654 e. The molecule has 1 aromatic carbocycles. The molecule has 0 fully saturated rings. The zero-order valence-electron chi connectivity index (χ0n) is 13.7. The molecule has 0 aliphatic heterocycles. The lowest BCUT2D eigenvalue weighted by Crippen LogP contribution is -1.99. The number of rotatable bonds is 12. The van der Waals surface area contributed by atoms with Gasteiger partial charge in [-0.2, -0.15) is 0 Å². The van der Waals surface area contributed by atoms with Crippen molar-refractivity contribution in [3.8, 4) is 0 Å². The molecule has 1 atom stereocenters. The summed E-state index contributed by atoms with van der Waals surface area (Å²) in [6, 6.07) is 12.0. The van der Waals surface area contributed by atoms with Gasteiger partial charge in [-0.05, 0) is 30.4 Å². The van der Waals surface area contributed by atoms with E-state index < -0.39 is 0 Å². The predicted octanol–water partition coefficient (Wildman–Crippen LogP) is 6.90. The average molecular weight is 273 g/mol. The highest BCUT2D eigenvalue weighted by Crippen LogP contribution is 2.27. The predicted molar refractivity (Wildman–Crippen MR) is 90.2 cm³/mol. The fourth-order valence-electron chi connectivity index (χ4n) is 2.99. The third-order valence-corrected chi connectivity index (χ3v) is 4.22. The molecule has 0 aromatic heterocycles. The molecule has 1 rings (SSSR count). The van der Waals surface area contributed by atoms with Crippen molar-refractivity contribution in [1.82, 2.24) is 0 Å². The summed E-state index contributed by atoms with van der Waals surface area (Å²) < 4.78 is 0. The Hall–Kier alpha value is -0.780. The molecule has 20 heavy (non-hydrogen) atoms. The van der Waals surface area contributed by atoms with E-state index in [1.807, 2.05) is 0 Å². The monoisotopic (exact) mass is 273 g/mol. The average Bonchev–Trinajstić information content (AvgIpc) is 2.50. The lowest BCUT2D eigenvalue weighted by atomic mass is 9.89. The van der Waals surface area contributed by atoms with Crippen molar-refractivity contribution in [2.45, 2.75) is 90.4 Å². The van der Waals surface area contributed by atoms with E-state index >= 15 is 0 Å². The van der Waals surface area contributed by atoms with E-state index in [1.54, 1.807) is 0 Å². The summed E-state index contributed by atoms with van der Waals surface area (Å²) in [7, 11) is 0. The van der Waals surface area contributed by atoms with Gasteiger partial charge in [0.1, 0.15) is 0 Å². The number of hydrogen-bond donors (Lipinski definition) is 0. The summed E-state index contributed by atoms with van der Waals surface area (Å²) in [4.78, 5) is 0. The van der Waals surface area contributed by atoms with E-state index in [2.05, 4.69) is 44.2 Å². The molecular formula is C20H33. The molecule has 1 radical (unpaired) electrons. The third kappa shape index (κ3) is 7.72. The zero-order chi connectivity index (χ0) is 14.5. The molecule has 0 spiro atoms. The summed E-state index contributed by atoms with van der Waals surface area (Å²) in [6.45, 7) is 4.58. The first-order chi connectivity index (χ1) is 9.88. The smallest absolute Gasteiger partial charge is 0.0146 e. The van der Waals surface area contributed by atoms with Crippen LogP contribution in [-0.2, 0) is 0 Å². The van der Waals surface area contributed by atoms with Gasteiger partial charge in [0.25, 0.3) is 0 Å². The van der Waals surface area contributed by atoms with Crippen LogP contribution in [0.15, 0.2) is 24.3 Å². The molecule has 0 nitrogen and oxygen atoms in total. The zero-order valence-corrected chi connectivity index (χ0v) is 13.7. The molecule has 0 saturated heterocycles. The molecule has 0 heterocycles. The van der Waals surface area contributed by atoms with Crippen LogP contribution >= 0.6 is 0 Å². The molecule has 0 saturated carbocycles. The Morgan fingerprint density at radius 2 is 1.50 bits per heavy atom. The number of benzene rings is 1. The topological polar surface area (TPSA) is 0 Å². The minimum Gasteiger partial charge on any atom is -0.0654 e. The van der Waals surface area contributed by atoms with E-state index in [0.717, 1.165) is 5.92 Å². The second kappa shape index (κ2) is 12.0. The van der Waals surface area contributed by atoms with Crippen molar-refractivity contribution in [3.63, 3.8) is 0 Å². The van der Waals surface area contributed by atoms with Crippen molar-refractivity contribution in [1.29, 1.82) is 0 Å². The molecule has 0 aliphatic rings. The van der Waals surface area contributed by atoms with Gasteiger partial charge in [0, 0.05) is 0 Å². The Kier molecular flexibility index (Phi) is 10.4. The van der Waals surface area contributed by atoms with Gasteiger partial charge in [-0.1, -0.05) is 95.9 Å². The molecule has 0 heteroatoms. The van der Waals surface area contributed by atoms with Gasteiger partial charge < -0.3 is 0 Å². The minimum absolute atomic E-state index is 0.737. The SMILES string of the molecule is CCCCCCCCCCC(CCC)c1[c]cccc1.